The van der Waals surface area contributed by atoms with E-state index < -0.39 is 0 Å². The molecule has 0 aliphatic heterocycles. The Balaban J connectivity index is 2.78. The van der Waals surface area contributed by atoms with Gasteiger partial charge in [-0.3, -0.25) is 0 Å². The number of rotatable bonds is 5. The molecule has 100 valence electrons. The first-order chi connectivity index (χ1) is 9.08. The van der Waals surface area contributed by atoms with Crippen LogP contribution in [0.1, 0.15) is 32.8 Å². The fraction of sp³-hybridized carbons (Fsp3) is 0.353. The first kappa shape index (κ1) is 15.0. The van der Waals surface area contributed by atoms with Crippen molar-refractivity contribution in [2.24, 2.45) is 0 Å². The molecule has 0 aliphatic rings. The highest BCUT2D eigenvalue weighted by atomic mass is 15.1. The molecule has 0 amide bonds. The molecule has 19 heavy (non-hydrogen) atoms. The molecule has 1 aromatic carbocycles. The Morgan fingerprint density at radius 2 is 1.89 bits per heavy atom. The lowest BCUT2D eigenvalue weighted by Gasteiger charge is -2.18. The Labute approximate surface area is 116 Å². The van der Waals surface area contributed by atoms with Crippen LogP contribution in [0.15, 0.2) is 41.6 Å². The molecule has 0 heterocycles. The van der Waals surface area contributed by atoms with Crippen LogP contribution in [0.3, 0.4) is 0 Å². The molecule has 0 radical (unpaired) electrons. The minimum absolute atomic E-state index is 0.746. The van der Waals surface area contributed by atoms with Crippen LogP contribution in [0.5, 0.6) is 0 Å². The van der Waals surface area contributed by atoms with Crippen LogP contribution in [-0.4, -0.2) is 13.6 Å². The summed E-state index contributed by atoms with van der Waals surface area (Å²) in [5.74, 6) is 0. The van der Waals surface area contributed by atoms with Crippen molar-refractivity contribution in [1.82, 2.24) is 0 Å². The number of anilines is 1. The van der Waals surface area contributed by atoms with Gasteiger partial charge in [-0.1, -0.05) is 31.2 Å². The Kier molecular flexibility index (Phi) is 5.89. The van der Waals surface area contributed by atoms with Gasteiger partial charge in [0.1, 0.15) is 0 Å². The zero-order chi connectivity index (χ0) is 14.3. The Morgan fingerprint density at radius 1 is 1.26 bits per heavy atom. The van der Waals surface area contributed by atoms with E-state index in [0.717, 1.165) is 29.8 Å². The highest BCUT2D eigenvalue weighted by Gasteiger charge is 1.98. The molecule has 0 spiro atoms. The molecule has 0 bridgehead atoms. The molecule has 1 aromatic rings. The molecular formula is C17H22N2. The van der Waals surface area contributed by atoms with Crippen LogP contribution >= 0.6 is 0 Å². The number of hydrogen-bond donors (Lipinski definition) is 0. The number of nitrogens with zero attached hydrogens (tertiary/aromatic N) is 2. The van der Waals surface area contributed by atoms with Crippen LogP contribution in [0.4, 0.5) is 5.69 Å². The lowest BCUT2D eigenvalue weighted by molar-refractivity contribution is 0.852. The Bertz CT molecular complexity index is 501. The molecule has 0 aromatic heterocycles. The van der Waals surface area contributed by atoms with Crippen LogP contribution < -0.4 is 4.90 Å². The summed E-state index contributed by atoms with van der Waals surface area (Å²) in [6.07, 6.45) is 5.20. The topological polar surface area (TPSA) is 7.60 Å². The van der Waals surface area contributed by atoms with Crippen LogP contribution in [0.25, 0.3) is 10.9 Å². The van der Waals surface area contributed by atoms with Crippen LogP contribution in [0.2, 0.25) is 0 Å². The summed E-state index contributed by atoms with van der Waals surface area (Å²) in [5.41, 5.74) is 4.16. The maximum Gasteiger partial charge on any atom is 0.165 e. The molecular weight excluding hydrogens is 232 g/mol. The monoisotopic (exact) mass is 254 g/mol. The first-order valence-corrected chi connectivity index (χ1v) is 6.62. The predicted octanol–water partition coefficient (Wildman–Crippen LogP) is 4.76. The summed E-state index contributed by atoms with van der Waals surface area (Å²) in [6, 6.07) is 8.49. The molecule has 2 nitrogen and oxygen atoms in total. The molecule has 0 unspecified atom stereocenters. The van der Waals surface area contributed by atoms with E-state index in [1.54, 1.807) is 0 Å². The van der Waals surface area contributed by atoms with Crippen molar-refractivity contribution in [1.29, 1.82) is 0 Å². The van der Waals surface area contributed by atoms with E-state index in [9.17, 15) is 0 Å². The Hall–Kier alpha value is -2.01. The van der Waals surface area contributed by atoms with E-state index in [4.69, 9.17) is 6.57 Å². The average Bonchev–Trinajstić information content (AvgIpc) is 2.44. The summed E-state index contributed by atoms with van der Waals surface area (Å²) in [6.45, 7) is 14.0. The maximum atomic E-state index is 6.96. The smallest absolute Gasteiger partial charge is 0.165 e. The second-order valence-corrected chi connectivity index (χ2v) is 4.73. The molecule has 0 atom stereocenters. The van der Waals surface area contributed by atoms with Crippen molar-refractivity contribution in [3.8, 4) is 0 Å². The highest BCUT2D eigenvalue weighted by molar-refractivity contribution is 5.57. The van der Waals surface area contributed by atoms with Crippen LogP contribution in [0, 0.1) is 6.57 Å². The standard InChI is InChI=1S/C17H22N2/c1-6-13-19(5)17-11-9-16(10-12-17)8-7-14(2)15(3)18-4/h7-12H,6,13H2,1-3,5H3/b8-7+,15-14-. The summed E-state index contributed by atoms with van der Waals surface area (Å²) >= 11 is 0. The van der Waals surface area contributed by atoms with Crippen molar-refractivity contribution < 1.29 is 0 Å². The van der Waals surface area contributed by atoms with Gasteiger partial charge in [0, 0.05) is 19.3 Å². The first-order valence-electron chi connectivity index (χ1n) is 6.62. The molecule has 0 aliphatic carbocycles. The van der Waals surface area contributed by atoms with E-state index in [0.29, 0.717) is 0 Å². The van der Waals surface area contributed by atoms with E-state index in [2.05, 4.69) is 48.0 Å². The maximum absolute atomic E-state index is 6.96. The quantitative estimate of drug-likeness (QED) is 0.543. The Morgan fingerprint density at radius 3 is 2.42 bits per heavy atom. The minimum atomic E-state index is 0.746. The minimum Gasteiger partial charge on any atom is -0.375 e. The van der Waals surface area contributed by atoms with Gasteiger partial charge in [0.05, 0.1) is 6.57 Å². The average molecular weight is 254 g/mol. The number of benzene rings is 1. The molecule has 0 saturated carbocycles. The summed E-state index contributed by atoms with van der Waals surface area (Å²) < 4.78 is 0. The van der Waals surface area contributed by atoms with Gasteiger partial charge in [-0.05, 0) is 43.5 Å². The molecule has 1 rings (SSSR count). The van der Waals surface area contributed by atoms with Crippen molar-refractivity contribution in [3.05, 3.63) is 58.6 Å². The van der Waals surface area contributed by atoms with Gasteiger partial charge in [0.15, 0.2) is 5.70 Å². The summed E-state index contributed by atoms with van der Waals surface area (Å²) in [7, 11) is 2.11. The lowest BCUT2D eigenvalue weighted by atomic mass is 10.1. The number of allylic oxidation sites excluding steroid dienone is 3. The van der Waals surface area contributed by atoms with Crippen molar-refractivity contribution in [2.45, 2.75) is 27.2 Å². The summed E-state index contributed by atoms with van der Waals surface area (Å²) in [5, 5.41) is 0. The molecule has 2 heteroatoms. The van der Waals surface area contributed by atoms with Gasteiger partial charge in [-0.2, -0.15) is 0 Å². The van der Waals surface area contributed by atoms with Gasteiger partial charge in [-0.15, -0.1) is 0 Å². The summed E-state index contributed by atoms with van der Waals surface area (Å²) in [4.78, 5) is 5.68. The number of hydrogen-bond acceptors (Lipinski definition) is 1. The van der Waals surface area contributed by atoms with Gasteiger partial charge in [0.25, 0.3) is 0 Å². The van der Waals surface area contributed by atoms with Gasteiger partial charge < -0.3 is 4.90 Å². The zero-order valence-corrected chi connectivity index (χ0v) is 12.3. The largest absolute Gasteiger partial charge is 0.375 e. The SMILES string of the molecule is [C-]#[N+]/C(C)=C(C)\C=C\c1ccc(N(C)CCC)cc1. The lowest BCUT2D eigenvalue weighted by Crippen LogP contribution is -2.17. The predicted molar refractivity (Wildman–Crippen MR) is 84.0 cm³/mol. The molecule has 0 N–H and O–H groups in total. The van der Waals surface area contributed by atoms with Crippen LogP contribution in [-0.2, 0) is 0 Å². The third-order valence-corrected chi connectivity index (χ3v) is 3.16. The fourth-order valence-corrected chi connectivity index (χ4v) is 1.73. The van der Waals surface area contributed by atoms with E-state index in [1.807, 2.05) is 26.0 Å². The zero-order valence-electron chi connectivity index (χ0n) is 12.3. The third kappa shape index (κ3) is 4.63. The van der Waals surface area contributed by atoms with Crippen molar-refractivity contribution in [2.75, 3.05) is 18.5 Å². The normalized spacial score (nSPS) is 12.2. The van der Waals surface area contributed by atoms with E-state index in [1.165, 1.54) is 5.69 Å². The molecule has 0 saturated heterocycles. The van der Waals surface area contributed by atoms with Crippen molar-refractivity contribution in [3.63, 3.8) is 0 Å². The highest BCUT2D eigenvalue weighted by Crippen LogP contribution is 2.16. The fourth-order valence-electron chi connectivity index (χ4n) is 1.73. The van der Waals surface area contributed by atoms with E-state index in [-0.39, 0.29) is 0 Å². The van der Waals surface area contributed by atoms with Gasteiger partial charge >= 0.3 is 0 Å². The van der Waals surface area contributed by atoms with Gasteiger partial charge in [-0.25, -0.2) is 4.85 Å². The second kappa shape index (κ2) is 7.43. The van der Waals surface area contributed by atoms with Crippen molar-refractivity contribution >= 4 is 11.8 Å². The van der Waals surface area contributed by atoms with E-state index >= 15 is 0 Å². The molecule has 0 fully saturated rings. The third-order valence-electron chi connectivity index (χ3n) is 3.16. The van der Waals surface area contributed by atoms with Gasteiger partial charge in [0.2, 0.25) is 0 Å². The second-order valence-electron chi connectivity index (χ2n) is 4.73.